The molecule has 0 radical (unpaired) electrons. The van der Waals surface area contributed by atoms with Gasteiger partial charge in [0.1, 0.15) is 5.66 Å². The molecule has 0 aromatic heterocycles. The Morgan fingerprint density at radius 1 is 0.844 bits per heavy atom. The SMILES string of the molecule is O=C1N[C@]2(CCC[C@@H]3ON(c4ccccc4)[C@H](c4ccccc4)[C@H]32)NN1c1ccccc1. The number of nitrogens with zero attached hydrogens (tertiary/aromatic N) is 2. The van der Waals surface area contributed by atoms with Gasteiger partial charge in [-0.1, -0.05) is 66.7 Å². The summed E-state index contributed by atoms with van der Waals surface area (Å²) in [6.45, 7) is 0. The van der Waals surface area contributed by atoms with Crippen LogP contribution in [-0.2, 0) is 4.84 Å². The molecule has 6 heteroatoms. The van der Waals surface area contributed by atoms with Crippen LogP contribution in [-0.4, -0.2) is 17.8 Å². The standard InChI is InChI=1S/C26H26N4O2/c31-25-27-26(28-29(25)20-13-6-2-7-14-20)18-10-17-22-23(26)24(19-11-4-1-5-12-19)30(32-22)21-15-8-3-9-16-21/h1-9,11-16,22-24,28H,10,17-18H2,(H,27,31)/t22-,23-,24+,26+/m0/s1. The summed E-state index contributed by atoms with van der Waals surface area (Å²) in [5.41, 5.74) is 6.03. The Morgan fingerprint density at radius 3 is 2.16 bits per heavy atom. The first-order valence-electron chi connectivity index (χ1n) is 11.3. The third kappa shape index (κ3) is 3.06. The smallest absolute Gasteiger partial charge is 0.316 e. The molecule has 4 atom stereocenters. The fourth-order valence-electron chi connectivity index (χ4n) is 5.54. The summed E-state index contributed by atoms with van der Waals surface area (Å²) < 4.78 is 0. The second kappa shape index (κ2) is 7.65. The summed E-state index contributed by atoms with van der Waals surface area (Å²) in [4.78, 5) is 19.7. The second-order valence-electron chi connectivity index (χ2n) is 8.76. The predicted octanol–water partition coefficient (Wildman–Crippen LogP) is 4.78. The van der Waals surface area contributed by atoms with E-state index in [0.29, 0.717) is 0 Å². The zero-order chi connectivity index (χ0) is 21.5. The van der Waals surface area contributed by atoms with Crippen LogP contribution in [0.4, 0.5) is 16.2 Å². The number of nitrogens with one attached hydrogen (secondary N) is 2. The average Bonchev–Trinajstić information content (AvgIpc) is 3.40. The zero-order valence-corrected chi connectivity index (χ0v) is 17.7. The number of para-hydroxylation sites is 2. The number of hydroxylamine groups is 1. The van der Waals surface area contributed by atoms with Crippen molar-refractivity contribution in [2.75, 3.05) is 10.1 Å². The fraction of sp³-hybridized carbons (Fsp3) is 0.269. The maximum absolute atomic E-state index is 13.1. The summed E-state index contributed by atoms with van der Waals surface area (Å²) in [6.07, 6.45) is 2.78. The number of urea groups is 1. The van der Waals surface area contributed by atoms with Crippen LogP contribution in [0.5, 0.6) is 0 Å². The lowest BCUT2D eigenvalue weighted by Gasteiger charge is -2.43. The number of anilines is 2. The molecule has 1 aliphatic carbocycles. The third-order valence-electron chi connectivity index (χ3n) is 6.88. The molecule has 6 rings (SSSR count). The van der Waals surface area contributed by atoms with E-state index in [2.05, 4.69) is 52.2 Å². The van der Waals surface area contributed by atoms with E-state index in [-0.39, 0.29) is 24.1 Å². The minimum Gasteiger partial charge on any atom is -0.316 e. The van der Waals surface area contributed by atoms with Crippen molar-refractivity contribution in [2.24, 2.45) is 5.92 Å². The number of fused-ring (bicyclic) bond motifs is 2. The van der Waals surface area contributed by atoms with Crippen LogP contribution in [0.2, 0.25) is 0 Å². The van der Waals surface area contributed by atoms with E-state index in [4.69, 9.17) is 4.84 Å². The topological polar surface area (TPSA) is 56.8 Å². The first kappa shape index (κ1) is 19.3. The predicted molar refractivity (Wildman–Crippen MR) is 124 cm³/mol. The highest BCUT2D eigenvalue weighted by Crippen LogP contribution is 2.52. The van der Waals surface area contributed by atoms with Gasteiger partial charge in [0.2, 0.25) is 0 Å². The molecular weight excluding hydrogens is 400 g/mol. The van der Waals surface area contributed by atoms with Crippen LogP contribution < -0.4 is 20.8 Å². The summed E-state index contributed by atoms with van der Waals surface area (Å²) in [7, 11) is 0. The van der Waals surface area contributed by atoms with Crippen molar-refractivity contribution < 1.29 is 9.63 Å². The van der Waals surface area contributed by atoms with Crippen molar-refractivity contribution in [1.29, 1.82) is 0 Å². The lowest BCUT2D eigenvalue weighted by atomic mass is 9.72. The van der Waals surface area contributed by atoms with Crippen molar-refractivity contribution in [2.45, 2.75) is 37.1 Å². The summed E-state index contributed by atoms with van der Waals surface area (Å²) in [6, 6.07) is 30.3. The van der Waals surface area contributed by atoms with Crippen molar-refractivity contribution in [3.05, 3.63) is 96.6 Å². The molecule has 3 aliphatic rings. The molecule has 3 fully saturated rings. The number of hydrogen-bond donors (Lipinski definition) is 2. The molecule has 32 heavy (non-hydrogen) atoms. The van der Waals surface area contributed by atoms with Gasteiger partial charge in [-0.05, 0) is 49.1 Å². The number of hydrazine groups is 1. The Hall–Kier alpha value is -3.35. The quantitative estimate of drug-likeness (QED) is 0.633. The number of carbonyl (C=O) groups excluding carboxylic acids is 1. The zero-order valence-electron chi connectivity index (χ0n) is 17.7. The molecule has 2 aliphatic heterocycles. The van der Waals surface area contributed by atoms with Gasteiger partial charge in [-0.25, -0.2) is 14.9 Å². The first-order chi connectivity index (χ1) is 15.8. The van der Waals surface area contributed by atoms with Gasteiger partial charge in [0, 0.05) is 0 Å². The van der Waals surface area contributed by atoms with Gasteiger partial charge >= 0.3 is 6.03 Å². The molecule has 2 heterocycles. The Labute approximate surface area is 187 Å². The summed E-state index contributed by atoms with van der Waals surface area (Å²) >= 11 is 0. The van der Waals surface area contributed by atoms with Gasteiger partial charge in [0.15, 0.2) is 0 Å². The minimum absolute atomic E-state index is 0.00214. The van der Waals surface area contributed by atoms with Crippen molar-refractivity contribution in [1.82, 2.24) is 10.7 Å². The molecule has 2 N–H and O–H groups in total. The van der Waals surface area contributed by atoms with Crippen molar-refractivity contribution in [3.8, 4) is 0 Å². The molecule has 2 saturated heterocycles. The lowest BCUT2D eigenvalue weighted by Crippen LogP contribution is -2.62. The second-order valence-corrected chi connectivity index (χ2v) is 8.76. The van der Waals surface area contributed by atoms with E-state index in [1.54, 1.807) is 5.01 Å². The highest BCUT2D eigenvalue weighted by molar-refractivity contribution is 5.94. The largest absolute Gasteiger partial charge is 0.338 e. The van der Waals surface area contributed by atoms with Crippen LogP contribution in [0.3, 0.4) is 0 Å². The number of amides is 2. The van der Waals surface area contributed by atoms with E-state index < -0.39 is 5.66 Å². The molecular formula is C26H26N4O2. The van der Waals surface area contributed by atoms with Gasteiger partial charge in [-0.2, -0.15) is 5.43 Å². The van der Waals surface area contributed by atoms with E-state index >= 15 is 0 Å². The summed E-state index contributed by atoms with van der Waals surface area (Å²) in [5.74, 6) is 0.0384. The van der Waals surface area contributed by atoms with Crippen LogP contribution in [0.25, 0.3) is 0 Å². The van der Waals surface area contributed by atoms with Crippen molar-refractivity contribution >= 4 is 17.4 Å². The van der Waals surface area contributed by atoms with Gasteiger partial charge in [0.05, 0.1) is 29.4 Å². The van der Waals surface area contributed by atoms with E-state index in [0.717, 1.165) is 30.6 Å². The van der Waals surface area contributed by atoms with Gasteiger partial charge in [-0.3, -0.25) is 4.84 Å². The van der Waals surface area contributed by atoms with Gasteiger partial charge in [-0.15, -0.1) is 0 Å². The van der Waals surface area contributed by atoms with Crippen molar-refractivity contribution in [3.63, 3.8) is 0 Å². The summed E-state index contributed by atoms with van der Waals surface area (Å²) in [5, 5.41) is 7.03. The Kier molecular flexibility index (Phi) is 4.63. The number of hydrogen-bond acceptors (Lipinski definition) is 4. The minimum atomic E-state index is -0.583. The van der Waals surface area contributed by atoms with Crippen LogP contribution >= 0.6 is 0 Å². The molecule has 1 saturated carbocycles. The molecule has 162 valence electrons. The molecule has 2 amide bonds. The van der Waals surface area contributed by atoms with Gasteiger partial charge in [0.25, 0.3) is 0 Å². The van der Waals surface area contributed by atoms with Gasteiger partial charge < -0.3 is 5.32 Å². The third-order valence-corrected chi connectivity index (χ3v) is 6.88. The normalized spacial score (nSPS) is 29.2. The van der Waals surface area contributed by atoms with Crippen LogP contribution in [0, 0.1) is 5.92 Å². The highest BCUT2D eigenvalue weighted by atomic mass is 16.7. The Morgan fingerprint density at radius 2 is 1.47 bits per heavy atom. The first-order valence-corrected chi connectivity index (χ1v) is 11.3. The monoisotopic (exact) mass is 426 g/mol. The number of rotatable bonds is 3. The molecule has 0 unspecified atom stereocenters. The molecule has 3 aromatic rings. The molecule has 0 bridgehead atoms. The van der Waals surface area contributed by atoms with Crippen LogP contribution in [0.1, 0.15) is 30.9 Å². The van der Waals surface area contributed by atoms with Crippen LogP contribution in [0.15, 0.2) is 91.0 Å². The molecule has 3 aromatic carbocycles. The molecule has 6 nitrogen and oxygen atoms in total. The Balaban J connectivity index is 1.43. The van der Waals surface area contributed by atoms with E-state index in [1.807, 2.05) is 54.6 Å². The van der Waals surface area contributed by atoms with E-state index in [1.165, 1.54) is 5.56 Å². The Bertz CT molecular complexity index is 1090. The fourth-order valence-corrected chi connectivity index (χ4v) is 5.54. The van der Waals surface area contributed by atoms with E-state index in [9.17, 15) is 4.79 Å². The molecule has 1 spiro atoms. The maximum Gasteiger partial charge on any atom is 0.338 e. The number of carbonyl (C=O) groups is 1. The number of benzene rings is 3. The maximum atomic E-state index is 13.1. The average molecular weight is 427 g/mol. The highest BCUT2D eigenvalue weighted by Gasteiger charge is 2.61. The lowest BCUT2D eigenvalue weighted by molar-refractivity contribution is 0.00991.